The van der Waals surface area contributed by atoms with E-state index in [0.29, 0.717) is 0 Å². The van der Waals surface area contributed by atoms with E-state index < -0.39 is 65.0 Å². The van der Waals surface area contributed by atoms with Crippen molar-refractivity contribution in [3.8, 4) is 5.75 Å². The van der Waals surface area contributed by atoms with E-state index in [1.54, 1.807) is 6.92 Å². The molecule has 0 aliphatic heterocycles. The predicted molar refractivity (Wildman–Crippen MR) is 87.1 cm³/mol. The van der Waals surface area contributed by atoms with Crippen molar-refractivity contribution >= 4 is 0 Å². The molecule has 0 amide bonds. The molecule has 2 nitrogen and oxygen atoms in total. The number of ether oxygens (including phenoxy) is 2. The van der Waals surface area contributed by atoms with Crippen LogP contribution in [0.25, 0.3) is 0 Å². The lowest BCUT2D eigenvalue weighted by molar-refractivity contribution is -0.252. The Morgan fingerprint density at radius 2 is 1.34 bits per heavy atom. The molecule has 10 heteroatoms. The lowest BCUT2D eigenvalue weighted by atomic mass is 9.95. The molecule has 0 heterocycles. The number of halogens is 8. The molecule has 0 fully saturated rings. The minimum absolute atomic E-state index is 0.205. The van der Waals surface area contributed by atoms with Crippen molar-refractivity contribution in [2.24, 2.45) is 0 Å². The highest BCUT2D eigenvalue weighted by Crippen LogP contribution is 2.43. The largest absolute Gasteiger partial charge is 0.494 e. The molecule has 1 unspecified atom stereocenters. The van der Waals surface area contributed by atoms with E-state index in [-0.39, 0.29) is 12.4 Å². The van der Waals surface area contributed by atoms with Crippen molar-refractivity contribution in [2.75, 3.05) is 13.2 Å². The van der Waals surface area contributed by atoms with Gasteiger partial charge in [0.2, 0.25) is 0 Å². The highest BCUT2D eigenvalue weighted by molar-refractivity contribution is 5.32. The SMILES string of the molecule is CCOc1ccc(C(F)(COCc2c(F)c(F)c(C)c(F)c2F)C(F)(F)F)cc1. The maximum Gasteiger partial charge on any atom is 0.429 e. The standard InChI is InChI=1S/C19H16F8O2/c1-3-29-12-6-4-11(5-7-12)18(24,19(25,26)27)9-28-8-13-16(22)14(20)10(2)15(21)17(13)23/h4-7H,3,8-9H2,1-2H3. The molecule has 0 spiro atoms. The van der Waals surface area contributed by atoms with E-state index >= 15 is 0 Å². The first kappa shape index (κ1) is 22.9. The van der Waals surface area contributed by atoms with Gasteiger partial charge in [-0.3, -0.25) is 0 Å². The van der Waals surface area contributed by atoms with Crippen LogP contribution in [-0.2, 0) is 17.0 Å². The van der Waals surface area contributed by atoms with Gasteiger partial charge in [-0.2, -0.15) is 13.2 Å². The Morgan fingerprint density at radius 1 is 0.828 bits per heavy atom. The number of hydrogen-bond donors (Lipinski definition) is 0. The minimum Gasteiger partial charge on any atom is -0.494 e. The topological polar surface area (TPSA) is 18.5 Å². The van der Waals surface area contributed by atoms with E-state index in [9.17, 15) is 35.1 Å². The molecule has 2 rings (SSSR count). The summed E-state index contributed by atoms with van der Waals surface area (Å²) in [5.41, 5.74) is -7.09. The Hall–Kier alpha value is -2.36. The summed E-state index contributed by atoms with van der Waals surface area (Å²) in [7, 11) is 0. The molecule has 1 atom stereocenters. The fourth-order valence-corrected chi connectivity index (χ4v) is 2.52. The maximum absolute atomic E-state index is 14.8. The van der Waals surface area contributed by atoms with Crippen LogP contribution < -0.4 is 4.74 Å². The molecule has 0 N–H and O–H groups in total. The summed E-state index contributed by atoms with van der Waals surface area (Å²) in [4.78, 5) is 0. The Labute approximate surface area is 161 Å². The first-order valence-corrected chi connectivity index (χ1v) is 8.32. The third-order valence-electron chi connectivity index (χ3n) is 4.19. The summed E-state index contributed by atoms with van der Waals surface area (Å²) in [6.07, 6.45) is -5.44. The highest BCUT2D eigenvalue weighted by Gasteiger charge is 2.57. The van der Waals surface area contributed by atoms with Crippen LogP contribution >= 0.6 is 0 Å². The van der Waals surface area contributed by atoms with Gasteiger partial charge in [-0.1, -0.05) is 12.1 Å². The molecule has 29 heavy (non-hydrogen) atoms. The van der Waals surface area contributed by atoms with E-state index in [1.165, 1.54) is 0 Å². The van der Waals surface area contributed by atoms with Crippen LogP contribution in [0.4, 0.5) is 35.1 Å². The molecule has 160 valence electrons. The Kier molecular flexibility index (Phi) is 6.77. The lowest BCUT2D eigenvalue weighted by Gasteiger charge is -2.28. The Morgan fingerprint density at radius 3 is 1.79 bits per heavy atom. The Bertz CT molecular complexity index is 835. The first-order valence-electron chi connectivity index (χ1n) is 8.32. The van der Waals surface area contributed by atoms with Crippen LogP contribution in [0.15, 0.2) is 24.3 Å². The summed E-state index contributed by atoms with van der Waals surface area (Å²) in [6.45, 7) is -0.343. The average molecular weight is 428 g/mol. The van der Waals surface area contributed by atoms with E-state index in [0.717, 1.165) is 31.2 Å². The fourth-order valence-electron chi connectivity index (χ4n) is 2.52. The molecular formula is C19H16F8O2. The van der Waals surface area contributed by atoms with Crippen LogP contribution in [0.1, 0.15) is 23.6 Å². The third kappa shape index (κ3) is 4.47. The highest BCUT2D eigenvalue weighted by atomic mass is 19.4. The molecular weight excluding hydrogens is 412 g/mol. The van der Waals surface area contributed by atoms with E-state index in [1.807, 2.05) is 0 Å². The molecule has 2 aromatic carbocycles. The summed E-state index contributed by atoms with van der Waals surface area (Å²) in [5.74, 6) is -6.86. The van der Waals surface area contributed by atoms with Crippen LogP contribution in [0.3, 0.4) is 0 Å². The monoisotopic (exact) mass is 428 g/mol. The fraction of sp³-hybridized carbons (Fsp3) is 0.368. The van der Waals surface area contributed by atoms with Gasteiger partial charge in [-0.15, -0.1) is 0 Å². The lowest BCUT2D eigenvalue weighted by Crippen LogP contribution is -2.42. The second-order valence-electron chi connectivity index (χ2n) is 6.11. The van der Waals surface area contributed by atoms with Gasteiger partial charge < -0.3 is 9.47 Å². The zero-order chi connectivity index (χ0) is 22.0. The Balaban J connectivity index is 2.27. The van der Waals surface area contributed by atoms with Crippen LogP contribution in [0, 0.1) is 30.2 Å². The van der Waals surface area contributed by atoms with Gasteiger partial charge in [0.05, 0.1) is 25.4 Å². The molecule has 0 saturated heterocycles. The van der Waals surface area contributed by atoms with Crippen molar-refractivity contribution in [1.82, 2.24) is 0 Å². The van der Waals surface area contributed by atoms with Gasteiger partial charge in [-0.05, 0) is 26.0 Å². The first-order chi connectivity index (χ1) is 13.4. The van der Waals surface area contributed by atoms with Crippen molar-refractivity contribution in [1.29, 1.82) is 0 Å². The molecule has 0 aromatic heterocycles. The molecule has 0 aliphatic carbocycles. The van der Waals surface area contributed by atoms with Crippen molar-refractivity contribution < 1.29 is 44.6 Å². The smallest absolute Gasteiger partial charge is 0.429 e. The zero-order valence-corrected chi connectivity index (χ0v) is 15.3. The second kappa shape index (κ2) is 8.56. The molecule has 0 aliphatic rings. The predicted octanol–water partition coefficient (Wildman–Crippen LogP) is 5.89. The van der Waals surface area contributed by atoms with Gasteiger partial charge in [0.15, 0.2) is 23.3 Å². The minimum atomic E-state index is -5.44. The number of alkyl halides is 4. The molecule has 0 radical (unpaired) electrons. The number of rotatable bonds is 7. The maximum atomic E-state index is 14.8. The van der Waals surface area contributed by atoms with E-state index in [2.05, 4.69) is 4.74 Å². The number of hydrogen-bond acceptors (Lipinski definition) is 2. The normalized spacial score (nSPS) is 14.0. The molecule has 0 bridgehead atoms. The third-order valence-corrected chi connectivity index (χ3v) is 4.19. The van der Waals surface area contributed by atoms with Crippen LogP contribution in [0.5, 0.6) is 5.75 Å². The summed E-state index contributed by atoms with van der Waals surface area (Å²) in [6, 6.07) is 3.88. The average Bonchev–Trinajstić information content (AvgIpc) is 2.67. The molecule has 0 saturated carbocycles. The summed E-state index contributed by atoms with van der Waals surface area (Å²) < 4.78 is 119. The molecule has 2 aromatic rings. The second-order valence-corrected chi connectivity index (χ2v) is 6.11. The van der Waals surface area contributed by atoms with Crippen LogP contribution in [0.2, 0.25) is 0 Å². The van der Waals surface area contributed by atoms with Gasteiger partial charge in [-0.25, -0.2) is 22.0 Å². The van der Waals surface area contributed by atoms with Crippen molar-refractivity contribution in [3.05, 3.63) is 64.2 Å². The number of benzene rings is 2. The van der Waals surface area contributed by atoms with Gasteiger partial charge in [0, 0.05) is 11.1 Å². The van der Waals surface area contributed by atoms with E-state index in [4.69, 9.17) is 4.74 Å². The van der Waals surface area contributed by atoms with Gasteiger partial charge in [0.25, 0.3) is 5.67 Å². The zero-order valence-electron chi connectivity index (χ0n) is 15.3. The summed E-state index contributed by atoms with van der Waals surface area (Å²) in [5, 5.41) is 0. The quantitative estimate of drug-likeness (QED) is 0.404. The van der Waals surface area contributed by atoms with Crippen LogP contribution in [-0.4, -0.2) is 19.4 Å². The van der Waals surface area contributed by atoms with Gasteiger partial charge >= 0.3 is 6.18 Å². The van der Waals surface area contributed by atoms with Crippen molar-refractivity contribution in [3.63, 3.8) is 0 Å². The summed E-state index contributed by atoms with van der Waals surface area (Å²) >= 11 is 0. The van der Waals surface area contributed by atoms with Crippen molar-refractivity contribution in [2.45, 2.75) is 32.3 Å². The van der Waals surface area contributed by atoms with Gasteiger partial charge in [0.1, 0.15) is 5.75 Å².